The molecule has 0 heterocycles. The molecule has 25 heavy (non-hydrogen) atoms. The Labute approximate surface area is 156 Å². The molecule has 0 aliphatic rings. The molecule has 0 fully saturated rings. The third kappa shape index (κ3) is 3.42. The first kappa shape index (κ1) is 18.3. The van der Waals surface area contributed by atoms with E-state index in [4.69, 9.17) is 12.6 Å². The standard InChI is InChI=1S/C21H23OPSSi/c1-25(2,3)20-16-10-15-19(21(20)24)23(22,17-11-6-4-7-12-17)18-13-8-5-9-14-18/h4-16,24H,1-3H3. The summed E-state index contributed by atoms with van der Waals surface area (Å²) in [5.41, 5.74) is 0. The topological polar surface area (TPSA) is 17.1 Å². The minimum absolute atomic E-state index is 0.841. The maximum absolute atomic E-state index is 14.5. The fraction of sp³-hybridized carbons (Fsp3) is 0.143. The molecule has 4 heteroatoms. The third-order valence-corrected chi connectivity index (χ3v) is 10.4. The second-order valence-corrected chi connectivity index (χ2v) is 15.4. The Bertz CT molecular complexity index is 874. The molecule has 0 saturated heterocycles. The highest BCUT2D eigenvalue weighted by Gasteiger charge is 2.33. The Hall–Kier alpha value is -1.54. The molecular formula is C21H23OPSSi. The van der Waals surface area contributed by atoms with Gasteiger partial charge in [0.25, 0.3) is 0 Å². The van der Waals surface area contributed by atoms with E-state index in [0.717, 1.165) is 20.8 Å². The van der Waals surface area contributed by atoms with Crippen LogP contribution >= 0.6 is 19.8 Å². The van der Waals surface area contributed by atoms with Crippen molar-refractivity contribution in [2.24, 2.45) is 0 Å². The summed E-state index contributed by atoms with van der Waals surface area (Å²) in [6, 6.07) is 25.7. The summed E-state index contributed by atoms with van der Waals surface area (Å²) >= 11 is 4.86. The predicted molar refractivity (Wildman–Crippen MR) is 116 cm³/mol. The molecule has 0 aromatic heterocycles. The van der Waals surface area contributed by atoms with Crippen LogP contribution in [0.15, 0.2) is 83.8 Å². The summed E-state index contributed by atoms with van der Waals surface area (Å²) in [7, 11) is -4.55. The lowest BCUT2D eigenvalue weighted by Gasteiger charge is -2.26. The van der Waals surface area contributed by atoms with Gasteiger partial charge in [0, 0.05) is 20.8 Å². The molecule has 0 saturated carbocycles. The van der Waals surface area contributed by atoms with Crippen molar-refractivity contribution in [3.63, 3.8) is 0 Å². The molecule has 0 aliphatic heterocycles. The molecule has 128 valence electrons. The first-order valence-corrected chi connectivity index (χ1v) is 14.0. The van der Waals surface area contributed by atoms with Crippen molar-refractivity contribution in [1.82, 2.24) is 0 Å². The number of rotatable bonds is 4. The van der Waals surface area contributed by atoms with Crippen LogP contribution in [0.2, 0.25) is 19.6 Å². The van der Waals surface area contributed by atoms with Crippen molar-refractivity contribution in [2.45, 2.75) is 24.5 Å². The minimum atomic E-state index is -2.96. The zero-order valence-corrected chi connectivity index (χ0v) is 17.6. The average molecular weight is 383 g/mol. The molecule has 3 rings (SSSR count). The van der Waals surface area contributed by atoms with Crippen LogP contribution in [0.4, 0.5) is 0 Å². The maximum Gasteiger partial charge on any atom is 0.172 e. The van der Waals surface area contributed by atoms with Crippen LogP contribution in [-0.4, -0.2) is 8.07 Å². The van der Waals surface area contributed by atoms with E-state index in [1.807, 2.05) is 72.8 Å². The van der Waals surface area contributed by atoms with Gasteiger partial charge in [-0.2, -0.15) is 0 Å². The lowest BCUT2D eigenvalue weighted by molar-refractivity contribution is 0.592. The van der Waals surface area contributed by atoms with Crippen LogP contribution in [0, 0.1) is 0 Å². The molecule has 0 radical (unpaired) electrons. The maximum atomic E-state index is 14.5. The minimum Gasteiger partial charge on any atom is -0.309 e. The van der Waals surface area contributed by atoms with E-state index < -0.39 is 15.2 Å². The monoisotopic (exact) mass is 382 g/mol. The van der Waals surface area contributed by atoms with Gasteiger partial charge in [-0.15, -0.1) is 12.6 Å². The van der Waals surface area contributed by atoms with Crippen molar-refractivity contribution < 1.29 is 4.57 Å². The summed E-state index contributed by atoms with van der Waals surface area (Å²) in [6.45, 7) is 6.88. The van der Waals surface area contributed by atoms with E-state index in [9.17, 15) is 4.57 Å². The highest BCUT2D eigenvalue weighted by Crippen LogP contribution is 2.43. The van der Waals surface area contributed by atoms with Crippen LogP contribution in [0.5, 0.6) is 0 Å². The second-order valence-electron chi connectivity index (χ2n) is 7.20. The van der Waals surface area contributed by atoms with Crippen LogP contribution in [0.25, 0.3) is 0 Å². The largest absolute Gasteiger partial charge is 0.309 e. The highest BCUT2D eigenvalue weighted by molar-refractivity contribution is 7.87. The van der Waals surface area contributed by atoms with Gasteiger partial charge in [0.2, 0.25) is 0 Å². The van der Waals surface area contributed by atoms with Gasteiger partial charge in [0.05, 0.1) is 8.07 Å². The van der Waals surface area contributed by atoms with Gasteiger partial charge in [-0.1, -0.05) is 92.4 Å². The van der Waals surface area contributed by atoms with Gasteiger partial charge < -0.3 is 4.57 Å². The number of thiol groups is 1. The molecule has 0 atom stereocenters. The summed E-state index contributed by atoms with van der Waals surface area (Å²) in [5.74, 6) is 0. The Morgan fingerprint density at radius 1 is 0.720 bits per heavy atom. The van der Waals surface area contributed by atoms with E-state index in [-0.39, 0.29) is 0 Å². The highest BCUT2D eigenvalue weighted by atomic mass is 32.1. The van der Waals surface area contributed by atoms with E-state index in [0.29, 0.717) is 0 Å². The fourth-order valence-electron chi connectivity index (χ4n) is 3.09. The molecule has 3 aromatic rings. The van der Waals surface area contributed by atoms with Crippen LogP contribution in [0.3, 0.4) is 0 Å². The summed E-state index contributed by atoms with van der Waals surface area (Å²) in [4.78, 5) is 0.887. The SMILES string of the molecule is C[Si](C)(C)c1cccc(P(=O)(c2ccccc2)c2ccccc2)c1S. The first-order valence-electron chi connectivity index (χ1n) is 8.39. The van der Waals surface area contributed by atoms with E-state index in [1.165, 1.54) is 5.19 Å². The van der Waals surface area contributed by atoms with Crippen molar-refractivity contribution >= 4 is 48.9 Å². The molecule has 0 unspecified atom stereocenters. The molecule has 1 nitrogen and oxygen atoms in total. The number of benzene rings is 3. The summed E-state index contributed by atoms with van der Waals surface area (Å²) in [6.07, 6.45) is 0. The molecule has 0 spiro atoms. The lowest BCUT2D eigenvalue weighted by Crippen LogP contribution is -2.41. The third-order valence-electron chi connectivity index (χ3n) is 4.40. The van der Waals surface area contributed by atoms with Crippen molar-refractivity contribution in [3.8, 4) is 0 Å². The summed E-state index contributed by atoms with van der Waals surface area (Å²) in [5, 5.41) is 3.79. The van der Waals surface area contributed by atoms with Crippen LogP contribution in [-0.2, 0) is 4.57 Å². The first-order chi connectivity index (χ1) is 11.8. The van der Waals surface area contributed by atoms with Crippen LogP contribution < -0.4 is 21.1 Å². The Morgan fingerprint density at radius 3 is 1.64 bits per heavy atom. The molecule has 3 aromatic carbocycles. The van der Waals surface area contributed by atoms with E-state index in [2.05, 4.69) is 25.7 Å². The Balaban J connectivity index is 2.34. The second kappa shape index (κ2) is 6.99. The van der Waals surface area contributed by atoms with Crippen LogP contribution in [0.1, 0.15) is 0 Å². The number of hydrogen-bond donors (Lipinski definition) is 1. The van der Waals surface area contributed by atoms with Gasteiger partial charge in [-0.05, 0) is 11.3 Å². The number of hydrogen-bond acceptors (Lipinski definition) is 2. The molecule has 0 amide bonds. The summed E-state index contributed by atoms with van der Waals surface area (Å²) < 4.78 is 14.5. The fourth-order valence-corrected chi connectivity index (χ4v) is 8.97. The molecule has 0 aliphatic carbocycles. The van der Waals surface area contributed by atoms with Gasteiger partial charge in [0.1, 0.15) is 0 Å². The normalized spacial score (nSPS) is 12.2. The van der Waals surface area contributed by atoms with Gasteiger partial charge in [-0.25, -0.2) is 0 Å². The van der Waals surface area contributed by atoms with E-state index in [1.54, 1.807) is 0 Å². The zero-order chi connectivity index (χ0) is 18.1. The Kier molecular flexibility index (Phi) is 5.10. The quantitative estimate of drug-likeness (QED) is 0.407. The van der Waals surface area contributed by atoms with Gasteiger partial charge in [-0.3, -0.25) is 0 Å². The van der Waals surface area contributed by atoms with Crippen molar-refractivity contribution in [1.29, 1.82) is 0 Å². The zero-order valence-electron chi connectivity index (χ0n) is 14.8. The van der Waals surface area contributed by atoms with E-state index >= 15 is 0 Å². The van der Waals surface area contributed by atoms with Crippen molar-refractivity contribution in [2.75, 3.05) is 0 Å². The lowest BCUT2D eigenvalue weighted by atomic mass is 10.3. The Morgan fingerprint density at radius 2 is 1.20 bits per heavy atom. The van der Waals surface area contributed by atoms with Gasteiger partial charge >= 0.3 is 0 Å². The molecule has 0 bridgehead atoms. The smallest absolute Gasteiger partial charge is 0.172 e. The molecular weight excluding hydrogens is 359 g/mol. The predicted octanol–water partition coefficient (Wildman–Crippen LogP) is 4.16. The molecule has 0 N–H and O–H groups in total. The van der Waals surface area contributed by atoms with Crippen molar-refractivity contribution in [3.05, 3.63) is 78.9 Å². The van der Waals surface area contributed by atoms with Gasteiger partial charge in [0.15, 0.2) is 7.14 Å². The average Bonchev–Trinajstić information content (AvgIpc) is 2.62.